The van der Waals surface area contributed by atoms with Crippen molar-refractivity contribution in [3.63, 3.8) is 0 Å². The molecule has 4 N–H and O–H groups in total. The lowest BCUT2D eigenvalue weighted by Crippen LogP contribution is -2.38. The van der Waals surface area contributed by atoms with Gasteiger partial charge in [0.1, 0.15) is 11.6 Å². The molecule has 162 valence electrons. The number of ether oxygens (including phenoxy) is 1. The first-order chi connectivity index (χ1) is 13.1. The Morgan fingerprint density at radius 1 is 1.07 bits per heavy atom. The van der Waals surface area contributed by atoms with Gasteiger partial charge in [0.15, 0.2) is 0 Å². The summed E-state index contributed by atoms with van der Waals surface area (Å²) < 4.78 is 5.87. The maximum Gasteiger partial charge on any atom is 0.123 e. The van der Waals surface area contributed by atoms with Gasteiger partial charge in [-0.25, -0.2) is 4.98 Å². The second kappa shape index (κ2) is 12.2. The molecule has 1 heterocycles. The molecule has 1 aliphatic rings. The molecule has 0 saturated heterocycles. The van der Waals surface area contributed by atoms with Crippen molar-refractivity contribution in [1.29, 1.82) is 0 Å². The molecule has 0 atom stereocenters. The summed E-state index contributed by atoms with van der Waals surface area (Å²) in [6, 6.07) is 11.5. The van der Waals surface area contributed by atoms with Gasteiger partial charge in [-0.15, -0.1) is 24.8 Å². The van der Waals surface area contributed by atoms with Crippen LogP contribution < -0.4 is 21.1 Å². The number of aryl methyl sites for hydroxylation is 1. The van der Waals surface area contributed by atoms with E-state index in [0.29, 0.717) is 24.5 Å². The van der Waals surface area contributed by atoms with E-state index in [1.54, 1.807) is 0 Å². The highest BCUT2D eigenvalue weighted by Crippen LogP contribution is 2.29. The van der Waals surface area contributed by atoms with E-state index in [1.807, 2.05) is 26.0 Å². The van der Waals surface area contributed by atoms with Crippen LogP contribution in [0.2, 0.25) is 0 Å². The first-order valence-electron chi connectivity index (χ1n) is 10.0. The van der Waals surface area contributed by atoms with Gasteiger partial charge in [0.2, 0.25) is 0 Å². The van der Waals surface area contributed by atoms with Crippen LogP contribution in [0.15, 0.2) is 30.3 Å². The summed E-state index contributed by atoms with van der Waals surface area (Å²) in [5.41, 5.74) is 10.2. The number of aromatic nitrogens is 1. The Morgan fingerprint density at radius 2 is 1.76 bits per heavy atom. The number of hydrogen-bond acceptors (Lipinski definition) is 5. The molecule has 1 saturated carbocycles. The van der Waals surface area contributed by atoms with Crippen LogP contribution in [-0.4, -0.2) is 30.7 Å². The van der Waals surface area contributed by atoms with Gasteiger partial charge in [0.05, 0.1) is 6.61 Å². The van der Waals surface area contributed by atoms with E-state index >= 15 is 0 Å². The number of anilines is 1. The largest absolute Gasteiger partial charge is 0.494 e. The minimum absolute atomic E-state index is 0. The molecule has 1 aromatic heterocycles. The number of nitrogens with one attached hydrogen (secondary N) is 2. The van der Waals surface area contributed by atoms with Crippen molar-refractivity contribution in [1.82, 2.24) is 15.6 Å². The smallest absolute Gasteiger partial charge is 0.123 e. The number of benzene rings is 1. The van der Waals surface area contributed by atoms with E-state index in [-0.39, 0.29) is 24.8 Å². The standard InChI is InChI=1S/C22H32N4O.2ClH/c1-4-27-21-11-5-16(20-10-12-22(23)26-15(20)2)13-17(21)14-25-19-8-6-18(24-3)7-9-19;;/h5,10-13,18-19,24-25H,4,6-9,14H2,1-3H3,(H2,23,26);2*1H. The second-order valence-electron chi connectivity index (χ2n) is 7.34. The molecule has 29 heavy (non-hydrogen) atoms. The van der Waals surface area contributed by atoms with Gasteiger partial charge in [0, 0.05) is 35.4 Å². The maximum atomic E-state index is 5.87. The van der Waals surface area contributed by atoms with Crippen LogP contribution in [-0.2, 0) is 6.54 Å². The van der Waals surface area contributed by atoms with Gasteiger partial charge in [-0.05, 0) is 76.4 Å². The zero-order valence-corrected chi connectivity index (χ0v) is 19.2. The predicted octanol–water partition coefficient (Wildman–Crippen LogP) is 4.50. The molecule has 0 spiro atoms. The van der Waals surface area contributed by atoms with Crippen molar-refractivity contribution in [2.24, 2.45) is 0 Å². The number of hydrogen-bond donors (Lipinski definition) is 3. The zero-order chi connectivity index (χ0) is 19.2. The predicted molar refractivity (Wildman–Crippen MR) is 126 cm³/mol. The van der Waals surface area contributed by atoms with E-state index in [2.05, 4.69) is 40.9 Å². The summed E-state index contributed by atoms with van der Waals surface area (Å²) in [6.45, 7) is 5.51. The Morgan fingerprint density at radius 3 is 2.38 bits per heavy atom. The first kappa shape index (κ1) is 25.5. The van der Waals surface area contributed by atoms with Crippen molar-refractivity contribution in [3.8, 4) is 16.9 Å². The van der Waals surface area contributed by atoms with Crippen molar-refractivity contribution >= 4 is 30.6 Å². The van der Waals surface area contributed by atoms with E-state index < -0.39 is 0 Å². The van der Waals surface area contributed by atoms with Crippen LogP contribution in [0, 0.1) is 6.92 Å². The van der Waals surface area contributed by atoms with Gasteiger partial charge in [0.25, 0.3) is 0 Å². The van der Waals surface area contributed by atoms with Crippen LogP contribution >= 0.6 is 24.8 Å². The normalized spacial score (nSPS) is 18.4. The van der Waals surface area contributed by atoms with Crippen molar-refractivity contribution in [2.75, 3.05) is 19.4 Å². The average Bonchev–Trinajstić information content (AvgIpc) is 2.68. The maximum absolute atomic E-state index is 5.87. The second-order valence-corrected chi connectivity index (χ2v) is 7.34. The number of nitrogens with zero attached hydrogens (tertiary/aromatic N) is 1. The van der Waals surface area contributed by atoms with Crippen LogP contribution in [0.1, 0.15) is 43.9 Å². The Bertz CT molecular complexity index is 764. The molecule has 2 aromatic rings. The Labute approximate surface area is 187 Å². The quantitative estimate of drug-likeness (QED) is 0.590. The molecule has 0 aliphatic heterocycles. The van der Waals surface area contributed by atoms with Crippen LogP contribution in [0.25, 0.3) is 11.1 Å². The molecular weight excluding hydrogens is 407 g/mol. The van der Waals surface area contributed by atoms with Crippen molar-refractivity contribution in [3.05, 3.63) is 41.6 Å². The third kappa shape index (κ3) is 6.75. The first-order valence-corrected chi connectivity index (χ1v) is 10.0. The fraction of sp³-hybridized carbons (Fsp3) is 0.500. The topological polar surface area (TPSA) is 72.2 Å². The highest BCUT2D eigenvalue weighted by atomic mass is 35.5. The molecule has 1 aliphatic carbocycles. The molecule has 0 unspecified atom stereocenters. The lowest BCUT2D eigenvalue weighted by Gasteiger charge is -2.29. The van der Waals surface area contributed by atoms with Crippen molar-refractivity contribution in [2.45, 2.75) is 58.2 Å². The number of nitrogen functional groups attached to an aromatic ring is 1. The minimum Gasteiger partial charge on any atom is -0.494 e. The van der Waals surface area contributed by atoms with Gasteiger partial charge >= 0.3 is 0 Å². The molecule has 0 radical (unpaired) electrons. The monoisotopic (exact) mass is 440 g/mol. The molecule has 5 nitrogen and oxygen atoms in total. The number of rotatable bonds is 7. The fourth-order valence-electron chi connectivity index (χ4n) is 3.91. The summed E-state index contributed by atoms with van der Waals surface area (Å²) >= 11 is 0. The van der Waals surface area contributed by atoms with Gasteiger partial charge in [-0.1, -0.05) is 6.07 Å². The Hall–Kier alpha value is -1.53. The summed E-state index contributed by atoms with van der Waals surface area (Å²) in [4.78, 5) is 4.40. The van der Waals surface area contributed by atoms with Gasteiger partial charge in [-0.2, -0.15) is 0 Å². The minimum atomic E-state index is 0. The van der Waals surface area contributed by atoms with Crippen LogP contribution in [0.5, 0.6) is 5.75 Å². The highest BCUT2D eigenvalue weighted by molar-refractivity contribution is 5.85. The number of halogens is 2. The van der Waals surface area contributed by atoms with Gasteiger partial charge < -0.3 is 21.1 Å². The third-order valence-electron chi connectivity index (χ3n) is 5.50. The Kier molecular flexibility index (Phi) is 10.8. The van der Waals surface area contributed by atoms with E-state index in [1.165, 1.54) is 31.2 Å². The summed E-state index contributed by atoms with van der Waals surface area (Å²) in [5.74, 6) is 1.51. The lowest BCUT2D eigenvalue weighted by molar-refractivity contribution is 0.310. The molecule has 3 rings (SSSR count). The SMILES string of the molecule is CCOc1ccc(-c2ccc(N)nc2C)cc1CNC1CCC(NC)CC1.Cl.Cl. The van der Waals surface area contributed by atoms with Crippen LogP contribution in [0.3, 0.4) is 0 Å². The number of pyridine rings is 1. The summed E-state index contributed by atoms with van der Waals surface area (Å²) in [7, 11) is 2.06. The molecule has 0 bridgehead atoms. The fourth-order valence-corrected chi connectivity index (χ4v) is 3.91. The van der Waals surface area contributed by atoms with E-state index in [9.17, 15) is 0 Å². The highest BCUT2D eigenvalue weighted by Gasteiger charge is 2.20. The average molecular weight is 441 g/mol. The van der Waals surface area contributed by atoms with E-state index in [0.717, 1.165) is 29.1 Å². The zero-order valence-electron chi connectivity index (χ0n) is 17.5. The molecule has 7 heteroatoms. The summed E-state index contributed by atoms with van der Waals surface area (Å²) in [6.07, 6.45) is 4.91. The van der Waals surface area contributed by atoms with Crippen molar-refractivity contribution < 1.29 is 4.74 Å². The summed E-state index contributed by atoms with van der Waals surface area (Å²) in [5, 5.41) is 7.14. The molecule has 1 fully saturated rings. The third-order valence-corrected chi connectivity index (χ3v) is 5.50. The number of nitrogens with two attached hydrogens (primary N) is 1. The van der Waals surface area contributed by atoms with Crippen LogP contribution in [0.4, 0.5) is 5.82 Å². The molecule has 0 amide bonds. The van der Waals surface area contributed by atoms with E-state index in [4.69, 9.17) is 10.5 Å². The lowest BCUT2D eigenvalue weighted by atomic mass is 9.91. The molecule has 1 aromatic carbocycles. The molecular formula is C22H34Cl2N4O. The Balaban J connectivity index is 0.00000210. The van der Waals surface area contributed by atoms with Gasteiger partial charge in [-0.3, -0.25) is 0 Å².